The lowest BCUT2D eigenvalue weighted by Gasteiger charge is -2.39. The Balaban J connectivity index is 1.11. The van der Waals surface area contributed by atoms with Crippen LogP contribution in [0.3, 0.4) is 0 Å². The first-order valence-corrected chi connectivity index (χ1v) is 13.6. The van der Waals surface area contributed by atoms with Crippen LogP contribution in [0.4, 0.5) is 0 Å². The van der Waals surface area contributed by atoms with E-state index in [2.05, 4.69) is 37.7 Å². The number of thioether (sulfide) groups is 1. The number of primary amides is 1. The van der Waals surface area contributed by atoms with Crippen LogP contribution < -0.4 is 21.8 Å². The molecule has 9 heteroatoms. The van der Waals surface area contributed by atoms with E-state index in [1.165, 1.54) is 50.9 Å². The minimum atomic E-state index is -0.125. The molecule has 5 fully saturated rings. The number of quaternary nitrogens is 1. The third kappa shape index (κ3) is 5.23. The molecule has 0 aromatic rings. The summed E-state index contributed by atoms with van der Waals surface area (Å²) in [6.45, 7) is 5.58. The van der Waals surface area contributed by atoms with Gasteiger partial charge in [-0.3, -0.25) is 24.7 Å². The van der Waals surface area contributed by atoms with E-state index in [0.29, 0.717) is 18.1 Å². The quantitative estimate of drug-likeness (QED) is 0.435. The number of hydrogen-bond donors (Lipinski definition) is 4. The predicted molar refractivity (Wildman–Crippen MR) is 122 cm³/mol. The van der Waals surface area contributed by atoms with Crippen molar-refractivity contribution in [1.29, 1.82) is 0 Å². The standard InChI is InChI=1S/C22H40N6O2S/c23-20(29)15-6-10-27(11-7-15)19-13-16(5-8-24-19)21-25-22(30-26-21)18-4-1-9-28(18)14-17-3-2-12-31-17/h15-19,21-22,24-26H,1-14H2,(H2,23,29)/p+1/t16?,17?,18-,19?,21?,22?/m0/s1. The number of likely N-dealkylation sites (tertiary alicyclic amines) is 2. The van der Waals surface area contributed by atoms with Gasteiger partial charge in [0.1, 0.15) is 12.4 Å². The van der Waals surface area contributed by atoms with E-state index >= 15 is 0 Å². The molecule has 0 aromatic heterocycles. The Labute approximate surface area is 190 Å². The first-order valence-electron chi connectivity index (χ1n) is 12.6. The highest BCUT2D eigenvalue weighted by Crippen LogP contribution is 2.31. The molecule has 0 aliphatic carbocycles. The molecule has 6 atom stereocenters. The molecule has 0 bridgehead atoms. The second-order valence-corrected chi connectivity index (χ2v) is 11.6. The maximum Gasteiger partial charge on any atom is 0.220 e. The number of hydrogen-bond acceptors (Lipinski definition) is 7. The van der Waals surface area contributed by atoms with Crippen molar-refractivity contribution < 1.29 is 14.9 Å². The third-order valence-corrected chi connectivity index (χ3v) is 9.66. The summed E-state index contributed by atoms with van der Waals surface area (Å²) in [4.78, 5) is 22.9. The highest BCUT2D eigenvalue weighted by Gasteiger charge is 2.43. The maximum absolute atomic E-state index is 11.5. The number of piperidine rings is 2. The SMILES string of the molecule is NC(=O)C1CCN(C2CC(C3NOC([C@@H]4CCCN4CC4CCCS4)N3)CC[NH2+]2)CC1. The number of carbonyl (C=O) groups excluding carboxylic acids is 1. The molecule has 0 saturated carbocycles. The number of nitrogens with two attached hydrogens (primary N) is 2. The van der Waals surface area contributed by atoms with Gasteiger partial charge in [0.15, 0.2) is 0 Å². The summed E-state index contributed by atoms with van der Waals surface area (Å²) in [5, 5.41) is 7.14. The Kier molecular flexibility index (Phi) is 7.39. The average molecular weight is 454 g/mol. The first kappa shape index (κ1) is 22.4. The van der Waals surface area contributed by atoms with Crippen molar-refractivity contribution in [1.82, 2.24) is 20.6 Å². The Morgan fingerprint density at radius 1 is 1.13 bits per heavy atom. The van der Waals surface area contributed by atoms with Crippen molar-refractivity contribution >= 4 is 17.7 Å². The fourth-order valence-corrected chi connectivity index (χ4v) is 7.73. The maximum atomic E-state index is 11.5. The smallest absolute Gasteiger partial charge is 0.220 e. The van der Waals surface area contributed by atoms with E-state index in [9.17, 15) is 4.79 Å². The van der Waals surface area contributed by atoms with E-state index < -0.39 is 0 Å². The third-order valence-electron chi connectivity index (χ3n) is 8.28. The van der Waals surface area contributed by atoms with Crippen LogP contribution in [-0.4, -0.2) is 84.0 Å². The molecular weight excluding hydrogens is 412 g/mol. The topological polar surface area (TPSA) is 99.5 Å². The van der Waals surface area contributed by atoms with Crippen molar-refractivity contribution in [2.45, 2.75) is 81.2 Å². The fraction of sp³-hybridized carbons (Fsp3) is 0.955. The van der Waals surface area contributed by atoms with Crippen molar-refractivity contribution in [3.05, 3.63) is 0 Å². The van der Waals surface area contributed by atoms with Crippen LogP contribution in [0, 0.1) is 11.8 Å². The van der Waals surface area contributed by atoms with Crippen molar-refractivity contribution in [3.8, 4) is 0 Å². The first-order chi connectivity index (χ1) is 15.2. The van der Waals surface area contributed by atoms with Gasteiger partial charge in [-0.25, -0.2) is 0 Å². The molecule has 5 aliphatic rings. The molecule has 0 aromatic carbocycles. The van der Waals surface area contributed by atoms with Crippen LogP contribution in [0.15, 0.2) is 0 Å². The molecule has 6 N–H and O–H groups in total. The zero-order valence-corrected chi connectivity index (χ0v) is 19.5. The van der Waals surface area contributed by atoms with E-state index in [4.69, 9.17) is 10.6 Å². The van der Waals surface area contributed by atoms with Crippen LogP contribution in [0.5, 0.6) is 0 Å². The van der Waals surface area contributed by atoms with E-state index in [0.717, 1.165) is 44.1 Å². The number of rotatable bonds is 6. The van der Waals surface area contributed by atoms with Gasteiger partial charge in [0.25, 0.3) is 0 Å². The summed E-state index contributed by atoms with van der Waals surface area (Å²) in [7, 11) is 0. The minimum Gasteiger partial charge on any atom is -0.369 e. The van der Waals surface area contributed by atoms with Gasteiger partial charge < -0.3 is 11.1 Å². The Bertz CT molecular complexity index is 613. The molecule has 176 valence electrons. The highest BCUT2D eigenvalue weighted by molar-refractivity contribution is 8.00. The molecule has 5 rings (SSSR count). The van der Waals surface area contributed by atoms with E-state index in [1.807, 2.05) is 0 Å². The summed E-state index contributed by atoms with van der Waals surface area (Å²) in [6, 6.07) is 0.498. The molecule has 1 amide bonds. The van der Waals surface area contributed by atoms with Crippen molar-refractivity contribution in [2.24, 2.45) is 17.6 Å². The summed E-state index contributed by atoms with van der Waals surface area (Å²) < 4.78 is 0. The largest absolute Gasteiger partial charge is 0.369 e. The van der Waals surface area contributed by atoms with Gasteiger partial charge in [0, 0.05) is 49.6 Å². The summed E-state index contributed by atoms with van der Waals surface area (Å²) in [6.07, 6.45) is 10.3. The second-order valence-electron chi connectivity index (χ2n) is 10.2. The Hall–Kier alpha value is -0.420. The number of hydroxylamine groups is 1. The minimum absolute atomic E-state index is 0.0694. The molecule has 5 saturated heterocycles. The van der Waals surface area contributed by atoms with Crippen molar-refractivity contribution in [3.63, 3.8) is 0 Å². The molecule has 0 radical (unpaired) electrons. The fourth-order valence-electron chi connectivity index (χ4n) is 6.43. The van der Waals surface area contributed by atoms with Gasteiger partial charge in [0.05, 0.1) is 18.8 Å². The van der Waals surface area contributed by atoms with Crippen LogP contribution in [0.1, 0.15) is 51.4 Å². The monoisotopic (exact) mass is 453 g/mol. The number of amides is 1. The summed E-state index contributed by atoms with van der Waals surface area (Å²) in [5.41, 5.74) is 8.89. The van der Waals surface area contributed by atoms with Gasteiger partial charge in [-0.15, -0.1) is 0 Å². The van der Waals surface area contributed by atoms with Crippen LogP contribution >= 0.6 is 11.8 Å². The van der Waals surface area contributed by atoms with Gasteiger partial charge in [-0.05, 0) is 50.8 Å². The average Bonchev–Trinajstić information content (AvgIpc) is 3.56. The molecule has 0 spiro atoms. The van der Waals surface area contributed by atoms with E-state index in [-0.39, 0.29) is 24.2 Å². The zero-order valence-electron chi connectivity index (χ0n) is 18.7. The second kappa shape index (κ2) is 10.2. The lowest BCUT2D eigenvalue weighted by atomic mass is 9.90. The Morgan fingerprint density at radius 3 is 2.77 bits per heavy atom. The lowest BCUT2D eigenvalue weighted by molar-refractivity contribution is -0.720. The van der Waals surface area contributed by atoms with Gasteiger partial charge in [0.2, 0.25) is 5.91 Å². The molecule has 5 aliphatic heterocycles. The number of nitrogens with zero attached hydrogens (tertiary/aromatic N) is 2. The predicted octanol–water partition coefficient (Wildman–Crippen LogP) is -0.380. The van der Waals surface area contributed by atoms with Crippen molar-refractivity contribution in [2.75, 3.05) is 38.5 Å². The normalized spacial score (nSPS) is 41.2. The summed E-state index contributed by atoms with van der Waals surface area (Å²) in [5.74, 6) is 1.86. The van der Waals surface area contributed by atoms with Gasteiger partial charge in [-0.1, -0.05) is 0 Å². The van der Waals surface area contributed by atoms with Crippen LogP contribution in [0.2, 0.25) is 0 Å². The number of carbonyl (C=O) groups is 1. The molecular formula is C22H41N6O2S+. The number of nitrogens with one attached hydrogen (secondary N) is 2. The highest BCUT2D eigenvalue weighted by atomic mass is 32.2. The zero-order chi connectivity index (χ0) is 21.2. The lowest BCUT2D eigenvalue weighted by Crippen LogP contribution is -2.95. The molecule has 5 unspecified atom stereocenters. The van der Waals surface area contributed by atoms with Gasteiger partial charge >= 0.3 is 0 Å². The molecule has 31 heavy (non-hydrogen) atoms. The Morgan fingerprint density at radius 2 is 2.00 bits per heavy atom. The van der Waals surface area contributed by atoms with Gasteiger partial charge in [-0.2, -0.15) is 17.2 Å². The van der Waals surface area contributed by atoms with E-state index in [1.54, 1.807) is 0 Å². The molecule has 8 nitrogen and oxygen atoms in total. The van der Waals surface area contributed by atoms with Crippen LogP contribution in [0.25, 0.3) is 0 Å². The molecule has 5 heterocycles. The van der Waals surface area contributed by atoms with Crippen LogP contribution in [-0.2, 0) is 9.63 Å². The summed E-state index contributed by atoms with van der Waals surface area (Å²) >= 11 is 2.16.